The van der Waals surface area contributed by atoms with E-state index in [0.29, 0.717) is 17.3 Å². The van der Waals surface area contributed by atoms with Crippen LogP contribution in [0, 0.1) is 12.7 Å². The molecule has 0 amide bonds. The van der Waals surface area contributed by atoms with Gasteiger partial charge in [-0.3, -0.25) is 0 Å². The van der Waals surface area contributed by atoms with Crippen molar-refractivity contribution in [1.29, 1.82) is 0 Å². The van der Waals surface area contributed by atoms with Gasteiger partial charge in [0.2, 0.25) is 0 Å². The van der Waals surface area contributed by atoms with Crippen LogP contribution in [0.2, 0.25) is 5.02 Å². The Kier molecular flexibility index (Phi) is 3.64. The fourth-order valence-electron chi connectivity index (χ4n) is 1.63. The van der Waals surface area contributed by atoms with Gasteiger partial charge in [0.05, 0.1) is 5.69 Å². The third-order valence-electron chi connectivity index (χ3n) is 2.66. The molecule has 0 aliphatic carbocycles. The molecule has 88 valence electrons. The molecule has 2 aromatic rings. The first-order valence-corrected chi connectivity index (χ1v) is 5.78. The SMILES string of the molecule is Cc1ccccc1CNc1ccc(Cl)cc1F. The summed E-state index contributed by atoms with van der Waals surface area (Å²) in [4.78, 5) is 0. The molecule has 17 heavy (non-hydrogen) atoms. The topological polar surface area (TPSA) is 12.0 Å². The van der Waals surface area contributed by atoms with Gasteiger partial charge in [-0.25, -0.2) is 4.39 Å². The molecule has 0 fully saturated rings. The second-order valence-corrected chi connectivity index (χ2v) is 4.34. The highest BCUT2D eigenvalue weighted by atomic mass is 35.5. The molecular weight excluding hydrogens is 237 g/mol. The second kappa shape index (κ2) is 5.19. The van der Waals surface area contributed by atoms with Gasteiger partial charge < -0.3 is 5.32 Å². The minimum Gasteiger partial charge on any atom is -0.379 e. The number of anilines is 1. The fraction of sp³-hybridized carbons (Fsp3) is 0.143. The van der Waals surface area contributed by atoms with Crippen molar-refractivity contribution in [2.45, 2.75) is 13.5 Å². The first-order valence-electron chi connectivity index (χ1n) is 5.40. The Morgan fingerprint density at radius 1 is 1.18 bits per heavy atom. The minimum atomic E-state index is -0.328. The summed E-state index contributed by atoms with van der Waals surface area (Å²) in [5.74, 6) is -0.328. The summed E-state index contributed by atoms with van der Waals surface area (Å²) in [6.07, 6.45) is 0. The molecule has 0 aromatic heterocycles. The van der Waals surface area contributed by atoms with Gasteiger partial charge >= 0.3 is 0 Å². The normalized spacial score (nSPS) is 10.3. The molecular formula is C14H13ClFN. The zero-order valence-corrected chi connectivity index (χ0v) is 10.3. The first kappa shape index (κ1) is 11.9. The summed E-state index contributed by atoms with van der Waals surface area (Å²) < 4.78 is 13.5. The molecule has 0 aliphatic rings. The lowest BCUT2D eigenvalue weighted by atomic mass is 10.1. The number of hydrogen-bond donors (Lipinski definition) is 1. The molecule has 2 aromatic carbocycles. The number of nitrogens with one attached hydrogen (secondary N) is 1. The average Bonchev–Trinajstić information content (AvgIpc) is 2.30. The van der Waals surface area contributed by atoms with E-state index in [9.17, 15) is 4.39 Å². The Hall–Kier alpha value is -1.54. The molecule has 1 N–H and O–H groups in total. The number of halogens is 2. The number of rotatable bonds is 3. The molecule has 0 spiro atoms. The average molecular weight is 250 g/mol. The predicted molar refractivity (Wildman–Crippen MR) is 69.9 cm³/mol. The van der Waals surface area contributed by atoms with Gasteiger partial charge in [-0.05, 0) is 36.2 Å². The molecule has 0 atom stereocenters. The smallest absolute Gasteiger partial charge is 0.147 e. The summed E-state index contributed by atoms with van der Waals surface area (Å²) in [5, 5.41) is 3.47. The fourth-order valence-corrected chi connectivity index (χ4v) is 1.79. The standard InChI is InChI=1S/C14H13ClFN/c1-10-4-2-3-5-11(10)9-17-14-7-6-12(15)8-13(14)16/h2-8,17H,9H2,1H3. The zero-order chi connectivity index (χ0) is 12.3. The highest BCUT2D eigenvalue weighted by Gasteiger charge is 2.03. The Morgan fingerprint density at radius 2 is 1.94 bits per heavy atom. The number of aryl methyl sites for hydroxylation is 1. The Labute approximate surface area is 105 Å². The van der Waals surface area contributed by atoms with E-state index in [1.54, 1.807) is 12.1 Å². The van der Waals surface area contributed by atoms with E-state index < -0.39 is 0 Å². The lowest BCUT2D eigenvalue weighted by Crippen LogP contribution is -2.02. The lowest BCUT2D eigenvalue weighted by Gasteiger charge is -2.09. The maximum atomic E-state index is 13.5. The highest BCUT2D eigenvalue weighted by molar-refractivity contribution is 6.30. The summed E-state index contributed by atoms with van der Waals surface area (Å²) in [6, 6.07) is 12.7. The van der Waals surface area contributed by atoms with E-state index in [-0.39, 0.29) is 5.82 Å². The van der Waals surface area contributed by atoms with Crippen molar-refractivity contribution in [1.82, 2.24) is 0 Å². The summed E-state index contributed by atoms with van der Waals surface area (Å²) in [5.41, 5.74) is 2.81. The van der Waals surface area contributed by atoms with Gasteiger partial charge in [0.15, 0.2) is 0 Å². The molecule has 0 heterocycles. The first-order chi connectivity index (χ1) is 8.16. The van der Waals surface area contributed by atoms with Crippen LogP contribution < -0.4 is 5.32 Å². The van der Waals surface area contributed by atoms with E-state index in [4.69, 9.17) is 11.6 Å². The number of benzene rings is 2. The maximum Gasteiger partial charge on any atom is 0.147 e. The molecule has 0 unspecified atom stereocenters. The monoisotopic (exact) mass is 249 g/mol. The summed E-state index contributed by atoms with van der Waals surface area (Å²) in [7, 11) is 0. The molecule has 0 aliphatic heterocycles. The molecule has 0 radical (unpaired) electrons. The molecule has 3 heteroatoms. The van der Waals surface area contributed by atoms with Gasteiger partial charge in [0.1, 0.15) is 5.82 Å². The molecule has 2 rings (SSSR count). The van der Waals surface area contributed by atoms with Crippen molar-refractivity contribution in [2.24, 2.45) is 0 Å². The van der Waals surface area contributed by atoms with Crippen molar-refractivity contribution >= 4 is 17.3 Å². The van der Waals surface area contributed by atoms with E-state index in [1.807, 2.05) is 31.2 Å². The van der Waals surface area contributed by atoms with Crippen LogP contribution in [0.25, 0.3) is 0 Å². The van der Waals surface area contributed by atoms with Crippen LogP contribution in [0.5, 0.6) is 0 Å². The third kappa shape index (κ3) is 2.98. The number of hydrogen-bond acceptors (Lipinski definition) is 1. The van der Waals surface area contributed by atoms with E-state index in [2.05, 4.69) is 5.32 Å². The van der Waals surface area contributed by atoms with Gasteiger partial charge in [0.25, 0.3) is 0 Å². The summed E-state index contributed by atoms with van der Waals surface area (Å²) >= 11 is 5.69. The zero-order valence-electron chi connectivity index (χ0n) is 9.50. The highest BCUT2D eigenvalue weighted by Crippen LogP contribution is 2.20. The van der Waals surface area contributed by atoms with Crippen molar-refractivity contribution < 1.29 is 4.39 Å². The molecule has 0 bridgehead atoms. The van der Waals surface area contributed by atoms with Crippen LogP contribution in [-0.4, -0.2) is 0 Å². The quantitative estimate of drug-likeness (QED) is 0.850. The largest absolute Gasteiger partial charge is 0.379 e. The Morgan fingerprint density at radius 3 is 2.65 bits per heavy atom. The molecule has 1 nitrogen and oxygen atoms in total. The van der Waals surface area contributed by atoms with Crippen molar-refractivity contribution in [3.63, 3.8) is 0 Å². The lowest BCUT2D eigenvalue weighted by molar-refractivity contribution is 0.630. The van der Waals surface area contributed by atoms with Crippen molar-refractivity contribution in [2.75, 3.05) is 5.32 Å². The Balaban J connectivity index is 2.10. The predicted octanol–water partition coefficient (Wildman–Crippen LogP) is 4.40. The Bertz CT molecular complexity index is 525. The molecule has 0 saturated heterocycles. The van der Waals surface area contributed by atoms with Crippen LogP contribution in [0.4, 0.5) is 10.1 Å². The van der Waals surface area contributed by atoms with E-state index >= 15 is 0 Å². The third-order valence-corrected chi connectivity index (χ3v) is 2.90. The van der Waals surface area contributed by atoms with Crippen LogP contribution in [0.15, 0.2) is 42.5 Å². The van der Waals surface area contributed by atoms with Gasteiger partial charge in [-0.1, -0.05) is 35.9 Å². The molecule has 0 saturated carbocycles. The van der Waals surface area contributed by atoms with Gasteiger partial charge in [-0.2, -0.15) is 0 Å². The van der Waals surface area contributed by atoms with Crippen molar-refractivity contribution in [3.05, 3.63) is 64.4 Å². The van der Waals surface area contributed by atoms with Crippen LogP contribution in [0.1, 0.15) is 11.1 Å². The van der Waals surface area contributed by atoms with E-state index in [1.165, 1.54) is 11.6 Å². The second-order valence-electron chi connectivity index (χ2n) is 3.90. The van der Waals surface area contributed by atoms with Gasteiger partial charge in [-0.15, -0.1) is 0 Å². The van der Waals surface area contributed by atoms with Crippen molar-refractivity contribution in [3.8, 4) is 0 Å². The van der Waals surface area contributed by atoms with Crippen LogP contribution >= 0.6 is 11.6 Å². The van der Waals surface area contributed by atoms with E-state index in [0.717, 1.165) is 5.56 Å². The minimum absolute atomic E-state index is 0.328. The van der Waals surface area contributed by atoms with Crippen LogP contribution in [-0.2, 0) is 6.54 Å². The summed E-state index contributed by atoms with van der Waals surface area (Å²) in [6.45, 7) is 2.64. The maximum absolute atomic E-state index is 13.5. The van der Waals surface area contributed by atoms with Gasteiger partial charge in [0, 0.05) is 11.6 Å². The van der Waals surface area contributed by atoms with Crippen LogP contribution in [0.3, 0.4) is 0 Å².